The molecule has 11 heavy (non-hydrogen) atoms. The van der Waals surface area contributed by atoms with Crippen molar-refractivity contribution in [1.82, 2.24) is 4.98 Å². The van der Waals surface area contributed by atoms with Crippen LogP contribution < -0.4 is 0 Å². The van der Waals surface area contributed by atoms with E-state index < -0.39 is 0 Å². The van der Waals surface area contributed by atoms with Crippen LogP contribution in [0, 0.1) is 13.8 Å². The Morgan fingerprint density at radius 3 is 2.91 bits per heavy atom. The molecule has 0 aliphatic heterocycles. The molecule has 0 fully saturated rings. The number of nitrogens with zero attached hydrogens (tertiary/aromatic N) is 1. The molecule has 2 rings (SSSR count). The van der Waals surface area contributed by atoms with Crippen LogP contribution in [-0.4, -0.2) is 4.98 Å². The Balaban J connectivity index is 2.92. The summed E-state index contributed by atoms with van der Waals surface area (Å²) in [5, 5.41) is 1.35. The van der Waals surface area contributed by atoms with Crippen LogP contribution >= 0.6 is 11.3 Å². The standard InChI is InChI=1S/C9H9NS/c1-6-7(2)11-9-5-10-4-3-8(6)9/h3-5H,1-2H3. The molecule has 0 atom stereocenters. The van der Waals surface area contributed by atoms with Crippen LogP contribution in [0.4, 0.5) is 0 Å². The third-order valence-corrected chi connectivity index (χ3v) is 3.14. The van der Waals surface area contributed by atoms with Crippen molar-refractivity contribution in [3.05, 3.63) is 28.9 Å². The van der Waals surface area contributed by atoms with E-state index in [1.165, 1.54) is 20.5 Å². The normalized spacial score (nSPS) is 10.7. The maximum atomic E-state index is 4.08. The summed E-state index contributed by atoms with van der Waals surface area (Å²) in [5.41, 5.74) is 1.40. The molecule has 1 nitrogen and oxygen atoms in total. The summed E-state index contributed by atoms with van der Waals surface area (Å²) in [6, 6.07) is 2.08. The van der Waals surface area contributed by atoms with Crippen LogP contribution in [0.3, 0.4) is 0 Å². The first-order valence-electron chi connectivity index (χ1n) is 3.59. The van der Waals surface area contributed by atoms with Gasteiger partial charge in [0.15, 0.2) is 0 Å². The van der Waals surface area contributed by atoms with Gasteiger partial charge in [0.2, 0.25) is 0 Å². The zero-order chi connectivity index (χ0) is 7.84. The highest BCUT2D eigenvalue weighted by Gasteiger charge is 2.02. The van der Waals surface area contributed by atoms with Crippen LogP contribution in [0.25, 0.3) is 10.1 Å². The molecule has 0 aliphatic carbocycles. The summed E-state index contributed by atoms with van der Waals surface area (Å²) in [6.07, 6.45) is 3.78. The highest BCUT2D eigenvalue weighted by Crippen LogP contribution is 2.28. The van der Waals surface area contributed by atoms with Crippen molar-refractivity contribution < 1.29 is 0 Å². The minimum Gasteiger partial charge on any atom is -0.263 e. The molecule has 0 unspecified atom stereocenters. The minimum absolute atomic E-state index is 1.29. The van der Waals surface area contributed by atoms with Crippen LogP contribution in [0.15, 0.2) is 18.5 Å². The fourth-order valence-corrected chi connectivity index (χ4v) is 2.24. The molecule has 2 aromatic rings. The van der Waals surface area contributed by atoms with E-state index in [-0.39, 0.29) is 0 Å². The number of hydrogen-bond acceptors (Lipinski definition) is 2. The van der Waals surface area contributed by atoms with Crippen molar-refractivity contribution in [2.24, 2.45) is 0 Å². The molecule has 0 aromatic carbocycles. The SMILES string of the molecule is Cc1sc2cnccc2c1C. The van der Waals surface area contributed by atoms with Crippen LogP contribution in [0.1, 0.15) is 10.4 Å². The number of hydrogen-bond donors (Lipinski definition) is 0. The van der Waals surface area contributed by atoms with Gasteiger partial charge in [0, 0.05) is 17.3 Å². The molecule has 0 N–H and O–H groups in total. The van der Waals surface area contributed by atoms with E-state index in [0.717, 1.165) is 0 Å². The van der Waals surface area contributed by atoms with Crippen LogP contribution in [-0.2, 0) is 0 Å². The molecule has 0 spiro atoms. The zero-order valence-corrected chi connectivity index (χ0v) is 7.40. The van der Waals surface area contributed by atoms with Crippen molar-refractivity contribution in [1.29, 1.82) is 0 Å². The van der Waals surface area contributed by atoms with E-state index >= 15 is 0 Å². The third kappa shape index (κ3) is 0.942. The first-order chi connectivity index (χ1) is 5.29. The minimum atomic E-state index is 1.29. The van der Waals surface area contributed by atoms with E-state index in [1.54, 1.807) is 0 Å². The molecule has 0 radical (unpaired) electrons. The van der Waals surface area contributed by atoms with Gasteiger partial charge >= 0.3 is 0 Å². The van der Waals surface area contributed by atoms with Crippen LogP contribution in [0.5, 0.6) is 0 Å². The molecular weight excluding hydrogens is 154 g/mol. The fourth-order valence-electron chi connectivity index (χ4n) is 1.20. The molecule has 56 valence electrons. The summed E-state index contributed by atoms with van der Waals surface area (Å²) in [7, 11) is 0. The quantitative estimate of drug-likeness (QED) is 0.582. The number of fused-ring (bicyclic) bond motifs is 1. The predicted molar refractivity (Wildman–Crippen MR) is 49.1 cm³/mol. The maximum absolute atomic E-state index is 4.08. The number of thiophene rings is 1. The van der Waals surface area contributed by atoms with Gasteiger partial charge < -0.3 is 0 Å². The zero-order valence-electron chi connectivity index (χ0n) is 6.59. The Bertz CT molecular complexity index is 389. The number of rotatable bonds is 0. The van der Waals surface area contributed by atoms with Gasteiger partial charge in [-0.2, -0.15) is 0 Å². The van der Waals surface area contributed by atoms with Gasteiger partial charge in [0.1, 0.15) is 0 Å². The first kappa shape index (κ1) is 6.80. The third-order valence-electron chi connectivity index (χ3n) is 1.98. The monoisotopic (exact) mass is 163 g/mol. The predicted octanol–water partition coefficient (Wildman–Crippen LogP) is 2.91. The van der Waals surface area contributed by atoms with Crippen molar-refractivity contribution in [3.63, 3.8) is 0 Å². The lowest BCUT2D eigenvalue weighted by atomic mass is 10.2. The van der Waals surface area contributed by atoms with E-state index in [1.807, 2.05) is 23.7 Å². The highest BCUT2D eigenvalue weighted by atomic mass is 32.1. The summed E-state index contributed by atoms with van der Waals surface area (Å²) in [4.78, 5) is 5.47. The van der Waals surface area contributed by atoms with Crippen LogP contribution in [0.2, 0.25) is 0 Å². The van der Waals surface area contributed by atoms with Gasteiger partial charge in [0.25, 0.3) is 0 Å². The molecule has 0 saturated carbocycles. The van der Waals surface area contributed by atoms with Gasteiger partial charge in [-0.1, -0.05) is 0 Å². The van der Waals surface area contributed by atoms with Gasteiger partial charge in [-0.25, -0.2) is 0 Å². The molecule has 2 heterocycles. The Morgan fingerprint density at radius 1 is 1.36 bits per heavy atom. The number of aryl methyl sites for hydroxylation is 2. The Hall–Kier alpha value is -0.890. The van der Waals surface area contributed by atoms with E-state index in [9.17, 15) is 0 Å². The highest BCUT2D eigenvalue weighted by molar-refractivity contribution is 7.19. The van der Waals surface area contributed by atoms with Crippen molar-refractivity contribution in [2.75, 3.05) is 0 Å². The Morgan fingerprint density at radius 2 is 2.18 bits per heavy atom. The summed E-state index contributed by atoms with van der Waals surface area (Å²) in [6.45, 7) is 4.31. The molecule has 0 saturated heterocycles. The molecular formula is C9H9NS. The average molecular weight is 163 g/mol. The van der Waals surface area contributed by atoms with Gasteiger partial charge in [0.05, 0.1) is 4.70 Å². The summed E-state index contributed by atoms with van der Waals surface area (Å²) >= 11 is 1.82. The molecule has 0 aliphatic rings. The van der Waals surface area contributed by atoms with Gasteiger partial charge in [-0.05, 0) is 30.9 Å². The summed E-state index contributed by atoms with van der Waals surface area (Å²) < 4.78 is 1.29. The molecule has 2 aromatic heterocycles. The Kier molecular flexibility index (Phi) is 1.43. The fraction of sp³-hybridized carbons (Fsp3) is 0.222. The Labute approximate surface area is 69.7 Å². The lowest BCUT2D eigenvalue weighted by Gasteiger charge is -1.88. The van der Waals surface area contributed by atoms with Gasteiger partial charge in [-0.15, -0.1) is 11.3 Å². The molecule has 0 bridgehead atoms. The summed E-state index contributed by atoms with van der Waals surface area (Å²) in [5.74, 6) is 0. The molecule has 0 amide bonds. The van der Waals surface area contributed by atoms with Crippen molar-refractivity contribution in [3.8, 4) is 0 Å². The largest absolute Gasteiger partial charge is 0.263 e. The van der Waals surface area contributed by atoms with Crippen molar-refractivity contribution >= 4 is 21.4 Å². The van der Waals surface area contributed by atoms with E-state index in [4.69, 9.17) is 0 Å². The van der Waals surface area contributed by atoms with E-state index in [0.29, 0.717) is 0 Å². The average Bonchev–Trinajstić information content (AvgIpc) is 2.30. The van der Waals surface area contributed by atoms with Gasteiger partial charge in [-0.3, -0.25) is 4.98 Å². The lowest BCUT2D eigenvalue weighted by Crippen LogP contribution is -1.70. The van der Waals surface area contributed by atoms with E-state index in [2.05, 4.69) is 24.9 Å². The number of aromatic nitrogens is 1. The number of pyridine rings is 1. The lowest BCUT2D eigenvalue weighted by molar-refractivity contribution is 1.37. The first-order valence-corrected chi connectivity index (χ1v) is 4.40. The smallest absolute Gasteiger partial charge is 0.0531 e. The maximum Gasteiger partial charge on any atom is 0.0531 e. The van der Waals surface area contributed by atoms with Crippen molar-refractivity contribution in [2.45, 2.75) is 13.8 Å². The second-order valence-electron chi connectivity index (χ2n) is 2.66. The second-order valence-corrected chi connectivity index (χ2v) is 3.91. The molecule has 2 heteroatoms. The topological polar surface area (TPSA) is 12.9 Å². The second kappa shape index (κ2) is 2.31.